The number of primary amides is 1. The number of carbonyl (C=O) groups excluding carboxylic acids is 2. The first kappa shape index (κ1) is 24.2. The normalized spacial score (nSPS) is 22.8. The summed E-state index contributed by atoms with van der Waals surface area (Å²) in [5.41, 5.74) is 1.43. The van der Waals surface area contributed by atoms with Crippen LogP contribution in [0.4, 0.5) is 27.6 Å². The van der Waals surface area contributed by atoms with Crippen LogP contribution in [0.15, 0.2) is 30.5 Å². The molecule has 1 fully saturated rings. The number of alkyl halides is 3. The highest BCUT2D eigenvalue weighted by atomic mass is 19.4. The summed E-state index contributed by atoms with van der Waals surface area (Å²) in [6.07, 6.45) is -6.64. The second-order valence-corrected chi connectivity index (χ2v) is 7.54. The number of rotatable bonds is 5. The van der Waals surface area contributed by atoms with Gasteiger partial charge in [-0.25, -0.2) is 4.39 Å². The number of anilines is 1. The minimum absolute atomic E-state index is 0.124. The van der Waals surface area contributed by atoms with E-state index in [4.69, 9.17) is 15.2 Å². The zero-order valence-corrected chi connectivity index (χ0v) is 17.2. The highest BCUT2D eigenvalue weighted by Crippen LogP contribution is 2.51. The zero-order valence-electron chi connectivity index (χ0n) is 17.2. The minimum atomic E-state index is -4.90. The lowest BCUT2D eigenvalue weighted by molar-refractivity contribution is -0.607. The smallest absolute Gasteiger partial charge is 0.417 e. The number of ether oxygens (including phenoxy) is 2. The van der Waals surface area contributed by atoms with Gasteiger partial charge in [0.05, 0.1) is 12.8 Å². The molecule has 1 aliphatic rings. The number of hydrogen-bond donors (Lipinski definition) is 2. The van der Waals surface area contributed by atoms with Gasteiger partial charge < -0.3 is 25.7 Å². The van der Waals surface area contributed by atoms with Crippen LogP contribution in [-0.4, -0.2) is 36.8 Å². The van der Waals surface area contributed by atoms with E-state index in [1.54, 1.807) is 0 Å². The first-order valence-corrected chi connectivity index (χ1v) is 9.39. The standard InChI is InChI=1S/C20H18F5N3O5/c1-19(20(23,24)25)8-11(10-3-4-12(21)14(22)15(10)32-2)16(33-19)18(30)27-9-5-6-28(31)13(7-9)17(26)29/h3-7,11,16H,8H2,1-2H3,(H2,26,29)(H,27,30)/t11-,16-,19-/m1/s1. The van der Waals surface area contributed by atoms with Crippen LogP contribution in [0.1, 0.15) is 35.3 Å². The molecule has 3 N–H and O–H groups in total. The molecule has 13 heteroatoms. The molecule has 0 bridgehead atoms. The molecule has 1 saturated heterocycles. The summed E-state index contributed by atoms with van der Waals surface area (Å²) >= 11 is 0. The Morgan fingerprint density at radius 2 is 1.97 bits per heavy atom. The van der Waals surface area contributed by atoms with Crippen molar-refractivity contribution in [3.8, 4) is 5.75 Å². The molecule has 3 rings (SSSR count). The lowest BCUT2D eigenvalue weighted by atomic mass is 9.85. The van der Waals surface area contributed by atoms with E-state index in [1.165, 1.54) is 0 Å². The summed E-state index contributed by atoms with van der Waals surface area (Å²) in [4.78, 5) is 24.3. The van der Waals surface area contributed by atoms with E-state index >= 15 is 0 Å². The number of benzene rings is 1. The molecule has 0 unspecified atom stereocenters. The van der Waals surface area contributed by atoms with Crippen LogP contribution in [-0.2, 0) is 9.53 Å². The third-order valence-corrected chi connectivity index (χ3v) is 5.34. The second kappa shape index (κ2) is 8.46. The van der Waals surface area contributed by atoms with Gasteiger partial charge in [0.25, 0.3) is 11.6 Å². The number of aromatic nitrogens is 1. The molecule has 3 atom stereocenters. The van der Waals surface area contributed by atoms with E-state index in [0.717, 1.165) is 38.4 Å². The molecule has 178 valence electrons. The number of amides is 2. The highest BCUT2D eigenvalue weighted by Gasteiger charge is 2.61. The van der Waals surface area contributed by atoms with Gasteiger partial charge in [0.15, 0.2) is 23.4 Å². The predicted octanol–water partition coefficient (Wildman–Crippen LogP) is 2.54. The summed E-state index contributed by atoms with van der Waals surface area (Å²) < 4.78 is 79.1. The molecule has 1 aromatic carbocycles. The molecule has 33 heavy (non-hydrogen) atoms. The minimum Gasteiger partial charge on any atom is -0.618 e. The first-order chi connectivity index (χ1) is 15.3. The van der Waals surface area contributed by atoms with Gasteiger partial charge in [0.1, 0.15) is 6.10 Å². The molecule has 2 aromatic rings. The van der Waals surface area contributed by atoms with E-state index < -0.39 is 65.1 Å². The maximum absolute atomic E-state index is 14.2. The zero-order chi connectivity index (χ0) is 24.7. The average Bonchev–Trinajstić information content (AvgIpc) is 3.10. The van der Waals surface area contributed by atoms with Crippen LogP contribution in [0, 0.1) is 16.8 Å². The molecule has 2 heterocycles. The molecule has 1 aliphatic heterocycles. The number of nitrogens with zero attached hydrogens (tertiary/aromatic N) is 1. The van der Waals surface area contributed by atoms with Crippen LogP contribution < -0.4 is 20.5 Å². The summed E-state index contributed by atoms with van der Waals surface area (Å²) in [7, 11) is 1.00. The maximum Gasteiger partial charge on any atom is 0.417 e. The molecule has 8 nitrogen and oxygen atoms in total. The van der Waals surface area contributed by atoms with E-state index in [-0.39, 0.29) is 16.0 Å². The summed E-state index contributed by atoms with van der Waals surface area (Å²) in [5.74, 6) is -6.94. The third-order valence-electron chi connectivity index (χ3n) is 5.34. The van der Waals surface area contributed by atoms with Gasteiger partial charge in [-0.05, 0) is 19.4 Å². The number of carbonyl (C=O) groups is 2. The molecule has 0 radical (unpaired) electrons. The molecule has 0 spiro atoms. The van der Waals surface area contributed by atoms with Gasteiger partial charge in [-0.1, -0.05) is 6.07 Å². The maximum atomic E-state index is 14.2. The fourth-order valence-corrected chi connectivity index (χ4v) is 3.63. The van der Waals surface area contributed by atoms with Crippen LogP contribution in [0.5, 0.6) is 5.75 Å². The molecule has 2 amide bonds. The SMILES string of the molecule is COc1c([C@H]2C[C@](C)(C(F)(F)F)O[C@H]2C(=O)Nc2cc[n+]([O-])c(C(N)=O)c2)ccc(F)c1F. The monoisotopic (exact) mass is 475 g/mol. The Hall–Kier alpha value is -3.48. The van der Waals surface area contributed by atoms with Crippen LogP contribution >= 0.6 is 0 Å². The number of pyridine rings is 1. The number of methoxy groups -OCH3 is 1. The predicted molar refractivity (Wildman–Crippen MR) is 102 cm³/mol. The average molecular weight is 475 g/mol. The van der Waals surface area contributed by atoms with Gasteiger partial charge in [0.2, 0.25) is 5.82 Å². The Kier molecular flexibility index (Phi) is 6.20. The molecule has 1 aromatic heterocycles. The van der Waals surface area contributed by atoms with Crippen molar-refractivity contribution in [1.29, 1.82) is 0 Å². The van der Waals surface area contributed by atoms with Crippen molar-refractivity contribution in [2.45, 2.75) is 37.1 Å². The fraction of sp³-hybridized carbons (Fsp3) is 0.350. The number of halogens is 5. The van der Waals surface area contributed by atoms with Gasteiger partial charge in [-0.15, -0.1) is 0 Å². The Bertz CT molecular complexity index is 1110. The van der Waals surface area contributed by atoms with Gasteiger partial charge >= 0.3 is 12.1 Å². The van der Waals surface area contributed by atoms with E-state index in [1.807, 2.05) is 0 Å². The Morgan fingerprint density at radius 3 is 2.55 bits per heavy atom. The van der Waals surface area contributed by atoms with Crippen molar-refractivity contribution in [2.24, 2.45) is 5.73 Å². The van der Waals surface area contributed by atoms with Crippen molar-refractivity contribution >= 4 is 17.5 Å². The second-order valence-electron chi connectivity index (χ2n) is 7.54. The van der Waals surface area contributed by atoms with Crippen molar-refractivity contribution in [3.63, 3.8) is 0 Å². The Balaban J connectivity index is 2.02. The first-order valence-electron chi connectivity index (χ1n) is 9.39. The number of hydrogen-bond acceptors (Lipinski definition) is 5. The van der Waals surface area contributed by atoms with Crippen molar-refractivity contribution in [1.82, 2.24) is 0 Å². The van der Waals surface area contributed by atoms with Crippen molar-refractivity contribution in [3.05, 3.63) is 58.6 Å². The van der Waals surface area contributed by atoms with E-state index in [2.05, 4.69) is 5.32 Å². The van der Waals surface area contributed by atoms with E-state index in [0.29, 0.717) is 6.07 Å². The quantitative estimate of drug-likeness (QED) is 0.392. The largest absolute Gasteiger partial charge is 0.618 e. The van der Waals surface area contributed by atoms with Gasteiger partial charge in [0, 0.05) is 23.6 Å². The van der Waals surface area contributed by atoms with Crippen LogP contribution in [0.25, 0.3) is 0 Å². The fourth-order valence-electron chi connectivity index (χ4n) is 3.63. The Morgan fingerprint density at radius 1 is 1.30 bits per heavy atom. The number of nitrogens with one attached hydrogen (secondary N) is 1. The van der Waals surface area contributed by atoms with Gasteiger partial charge in [-0.3, -0.25) is 9.59 Å². The molecule has 0 saturated carbocycles. The molecular weight excluding hydrogens is 457 g/mol. The lowest BCUT2D eigenvalue weighted by Crippen LogP contribution is -2.43. The summed E-state index contributed by atoms with van der Waals surface area (Å²) in [6.45, 7) is 0.730. The van der Waals surface area contributed by atoms with Crippen LogP contribution in [0.2, 0.25) is 0 Å². The summed E-state index contributed by atoms with van der Waals surface area (Å²) in [6, 6.07) is 3.73. The van der Waals surface area contributed by atoms with Crippen molar-refractivity contribution in [2.75, 3.05) is 12.4 Å². The molecule has 0 aliphatic carbocycles. The topological polar surface area (TPSA) is 118 Å². The van der Waals surface area contributed by atoms with E-state index in [9.17, 15) is 36.7 Å². The molecular formula is C20H18F5N3O5. The number of nitrogens with two attached hydrogens (primary N) is 1. The summed E-state index contributed by atoms with van der Waals surface area (Å²) in [5, 5.41) is 13.8. The van der Waals surface area contributed by atoms with Gasteiger partial charge in [-0.2, -0.15) is 22.3 Å². The third kappa shape index (κ3) is 4.40. The highest BCUT2D eigenvalue weighted by molar-refractivity contribution is 5.97. The van der Waals surface area contributed by atoms with Crippen molar-refractivity contribution < 1.29 is 45.7 Å². The lowest BCUT2D eigenvalue weighted by Gasteiger charge is -2.27. The Labute approximate surface area is 183 Å². The van der Waals surface area contributed by atoms with Crippen LogP contribution in [0.3, 0.4) is 0 Å².